The van der Waals surface area contributed by atoms with Crippen LogP contribution in [-0.2, 0) is 7.05 Å². The lowest BCUT2D eigenvalue weighted by atomic mass is 10.0. The Morgan fingerprint density at radius 3 is 2.56 bits per heavy atom. The molecule has 5 rings (SSSR count). The predicted molar refractivity (Wildman–Crippen MR) is 123 cm³/mol. The lowest BCUT2D eigenvalue weighted by Crippen LogP contribution is -2.32. The van der Waals surface area contributed by atoms with Gasteiger partial charge in [-0.2, -0.15) is 0 Å². The molecule has 2 aromatic heterocycles. The number of rotatable bonds is 4. The summed E-state index contributed by atoms with van der Waals surface area (Å²) in [7, 11) is 1.78. The largest absolute Gasteiger partial charge is 0.383 e. The van der Waals surface area contributed by atoms with Crippen LogP contribution in [0.4, 0.5) is 29.5 Å². The smallest absolute Gasteiger partial charge is 0.325 e. The van der Waals surface area contributed by atoms with Crippen molar-refractivity contribution in [3.63, 3.8) is 0 Å². The Kier molecular flexibility index (Phi) is 5.15. The molecular weight excluding hydrogens is 445 g/mol. The van der Waals surface area contributed by atoms with Gasteiger partial charge in [0, 0.05) is 48.2 Å². The maximum Gasteiger partial charge on any atom is 0.325 e. The Labute approximate surface area is 193 Å². The SMILES string of the molecule is CCN1C(=O)N(c2ccc(-c3cn(C)c4ncnc(N)c34)c(F)c2)CC1c1ccc(F)cc1F. The maximum absolute atomic E-state index is 15.3. The average molecular weight is 466 g/mol. The summed E-state index contributed by atoms with van der Waals surface area (Å²) in [6, 6.07) is 6.75. The molecule has 174 valence electrons. The maximum atomic E-state index is 15.3. The van der Waals surface area contributed by atoms with E-state index in [1.54, 1.807) is 36.9 Å². The number of amides is 2. The standard InChI is InChI=1S/C24H21F3N6O/c1-3-32-20(16-6-4-13(25)8-18(16)26)11-33(24(32)34)14-5-7-15(19(27)9-14)17-10-31(2)23-21(17)22(28)29-12-30-23/h4-10,12,20H,3,11H2,1-2H3,(H2,28,29,30). The van der Waals surface area contributed by atoms with Gasteiger partial charge >= 0.3 is 6.03 Å². The number of fused-ring (bicyclic) bond motifs is 1. The number of halogens is 3. The van der Waals surface area contributed by atoms with Crippen molar-refractivity contribution in [2.75, 3.05) is 23.7 Å². The number of aryl methyl sites for hydroxylation is 1. The first-order valence-electron chi connectivity index (χ1n) is 10.7. The molecule has 2 N–H and O–H groups in total. The number of hydrogen-bond acceptors (Lipinski definition) is 4. The molecule has 0 bridgehead atoms. The number of carbonyl (C=O) groups excluding carboxylic acids is 1. The molecule has 10 heteroatoms. The highest BCUT2D eigenvalue weighted by Gasteiger charge is 2.39. The van der Waals surface area contributed by atoms with Gasteiger partial charge in [0.1, 0.15) is 35.2 Å². The lowest BCUT2D eigenvalue weighted by Gasteiger charge is -2.22. The fourth-order valence-corrected chi connectivity index (χ4v) is 4.58. The van der Waals surface area contributed by atoms with Crippen molar-refractivity contribution in [2.24, 2.45) is 7.05 Å². The summed E-state index contributed by atoms with van der Waals surface area (Å²) in [6.07, 6.45) is 3.07. The van der Waals surface area contributed by atoms with Crippen molar-refractivity contribution in [2.45, 2.75) is 13.0 Å². The number of benzene rings is 2. The van der Waals surface area contributed by atoms with Gasteiger partial charge in [0.25, 0.3) is 0 Å². The molecule has 3 heterocycles. The Morgan fingerprint density at radius 2 is 1.85 bits per heavy atom. The molecule has 7 nitrogen and oxygen atoms in total. The van der Waals surface area contributed by atoms with E-state index in [-0.39, 0.29) is 29.5 Å². The summed E-state index contributed by atoms with van der Waals surface area (Å²) in [5, 5.41) is 0.540. The number of anilines is 2. The van der Waals surface area contributed by atoms with E-state index in [1.807, 2.05) is 0 Å². The third-order valence-corrected chi connectivity index (χ3v) is 6.21. The normalized spacial score (nSPS) is 16.1. The Hall–Kier alpha value is -4.08. The molecule has 1 saturated heterocycles. The van der Waals surface area contributed by atoms with Gasteiger partial charge in [0.2, 0.25) is 0 Å². The summed E-state index contributed by atoms with van der Waals surface area (Å²) >= 11 is 0. The van der Waals surface area contributed by atoms with E-state index in [4.69, 9.17) is 5.73 Å². The lowest BCUT2D eigenvalue weighted by molar-refractivity contribution is 0.208. The third-order valence-electron chi connectivity index (χ3n) is 6.21. The second-order valence-corrected chi connectivity index (χ2v) is 8.14. The van der Waals surface area contributed by atoms with Gasteiger partial charge in [-0.1, -0.05) is 6.07 Å². The van der Waals surface area contributed by atoms with Crippen LogP contribution in [-0.4, -0.2) is 38.6 Å². The highest BCUT2D eigenvalue weighted by molar-refractivity contribution is 6.01. The van der Waals surface area contributed by atoms with Crippen LogP contribution in [0.5, 0.6) is 0 Å². The predicted octanol–water partition coefficient (Wildman–Crippen LogP) is 4.64. The minimum Gasteiger partial charge on any atom is -0.383 e. The minimum absolute atomic E-state index is 0.100. The summed E-state index contributed by atoms with van der Waals surface area (Å²) in [5.74, 6) is -1.74. The first-order chi connectivity index (χ1) is 16.3. The molecule has 34 heavy (non-hydrogen) atoms. The van der Waals surface area contributed by atoms with E-state index in [1.165, 1.54) is 28.3 Å². The number of likely N-dealkylation sites (N-methyl/N-ethyl adjacent to an activating group) is 1. The van der Waals surface area contributed by atoms with Crippen LogP contribution in [0.1, 0.15) is 18.5 Å². The van der Waals surface area contributed by atoms with Gasteiger partial charge in [0.05, 0.1) is 18.0 Å². The summed E-state index contributed by atoms with van der Waals surface area (Å²) in [5.41, 5.74) is 7.97. The number of carbonyl (C=O) groups is 1. The summed E-state index contributed by atoms with van der Waals surface area (Å²) in [6.45, 7) is 2.18. The first-order valence-corrected chi connectivity index (χ1v) is 10.7. The molecule has 2 amide bonds. The van der Waals surface area contributed by atoms with Crippen LogP contribution >= 0.6 is 0 Å². The zero-order chi connectivity index (χ0) is 24.1. The van der Waals surface area contributed by atoms with Crippen LogP contribution in [0.2, 0.25) is 0 Å². The average Bonchev–Trinajstić information content (AvgIpc) is 3.31. The number of hydrogen-bond donors (Lipinski definition) is 1. The number of urea groups is 1. The van der Waals surface area contributed by atoms with Gasteiger partial charge in [-0.3, -0.25) is 4.90 Å². The van der Waals surface area contributed by atoms with Crippen molar-refractivity contribution < 1.29 is 18.0 Å². The zero-order valence-electron chi connectivity index (χ0n) is 18.5. The van der Waals surface area contributed by atoms with Crippen LogP contribution in [0.3, 0.4) is 0 Å². The molecule has 0 aliphatic carbocycles. The van der Waals surface area contributed by atoms with Crippen molar-refractivity contribution in [3.8, 4) is 11.1 Å². The molecule has 0 radical (unpaired) electrons. The second kappa shape index (κ2) is 8.05. The van der Waals surface area contributed by atoms with Crippen LogP contribution in [0, 0.1) is 17.5 Å². The molecule has 1 fully saturated rings. The summed E-state index contributed by atoms with van der Waals surface area (Å²) < 4.78 is 44.9. The quantitative estimate of drug-likeness (QED) is 0.475. The highest BCUT2D eigenvalue weighted by Crippen LogP contribution is 2.38. The number of nitrogen functional groups attached to an aromatic ring is 1. The van der Waals surface area contributed by atoms with E-state index in [0.717, 1.165) is 12.1 Å². The van der Waals surface area contributed by atoms with Gasteiger partial charge in [-0.05, 0) is 31.2 Å². The van der Waals surface area contributed by atoms with E-state index in [0.29, 0.717) is 28.8 Å². The number of nitrogens with two attached hydrogens (primary N) is 1. The van der Waals surface area contributed by atoms with E-state index >= 15 is 4.39 Å². The van der Waals surface area contributed by atoms with Crippen LogP contribution in [0.25, 0.3) is 22.2 Å². The Morgan fingerprint density at radius 1 is 1.06 bits per heavy atom. The second-order valence-electron chi connectivity index (χ2n) is 8.14. The molecule has 4 aromatic rings. The fourth-order valence-electron chi connectivity index (χ4n) is 4.58. The van der Waals surface area contributed by atoms with E-state index in [9.17, 15) is 13.6 Å². The first kappa shape index (κ1) is 21.7. The number of aromatic nitrogens is 3. The summed E-state index contributed by atoms with van der Waals surface area (Å²) in [4.78, 5) is 24.2. The monoisotopic (exact) mass is 466 g/mol. The van der Waals surface area contributed by atoms with Gasteiger partial charge in [-0.15, -0.1) is 0 Å². The molecule has 0 spiro atoms. The van der Waals surface area contributed by atoms with Crippen LogP contribution < -0.4 is 10.6 Å². The topological polar surface area (TPSA) is 80.3 Å². The Balaban J connectivity index is 1.52. The number of nitrogens with zero attached hydrogens (tertiary/aromatic N) is 5. The molecule has 1 aliphatic rings. The van der Waals surface area contributed by atoms with Crippen molar-refractivity contribution >= 4 is 28.6 Å². The van der Waals surface area contributed by atoms with Gasteiger partial charge in [0.15, 0.2) is 0 Å². The van der Waals surface area contributed by atoms with Crippen molar-refractivity contribution in [1.82, 2.24) is 19.4 Å². The molecule has 0 saturated carbocycles. The van der Waals surface area contributed by atoms with Crippen molar-refractivity contribution in [3.05, 3.63) is 71.9 Å². The molecule has 2 aromatic carbocycles. The Bertz CT molecular complexity index is 1440. The highest BCUT2D eigenvalue weighted by atomic mass is 19.1. The molecular formula is C24H21F3N6O. The minimum atomic E-state index is -0.726. The molecule has 1 unspecified atom stereocenters. The van der Waals surface area contributed by atoms with E-state index < -0.39 is 23.5 Å². The van der Waals surface area contributed by atoms with Crippen LogP contribution in [0.15, 0.2) is 48.9 Å². The third kappa shape index (κ3) is 3.33. The zero-order valence-corrected chi connectivity index (χ0v) is 18.5. The van der Waals surface area contributed by atoms with E-state index in [2.05, 4.69) is 9.97 Å². The molecule has 1 aliphatic heterocycles. The van der Waals surface area contributed by atoms with Gasteiger partial charge in [-0.25, -0.2) is 27.9 Å². The van der Waals surface area contributed by atoms with Gasteiger partial charge < -0.3 is 15.2 Å². The van der Waals surface area contributed by atoms with Crippen molar-refractivity contribution in [1.29, 1.82) is 0 Å². The fraction of sp³-hybridized carbons (Fsp3) is 0.208. The molecule has 1 atom stereocenters.